The molecule has 0 fully saturated rings. The van der Waals surface area contributed by atoms with Crippen molar-refractivity contribution in [1.29, 1.82) is 0 Å². The molecular formula is C14H32Br2P2. The van der Waals surface area contributed by atoms with Crippen LogP contribution in [0.1, 0.15) is 55.4 Å². The van der Waals surface area contributed by atoms with E-state index in [9.17, 15) is 0 Å². The Balaban J connectivity index is 0. The lowest BCUT2D eigenvalue weighted by Crippen LogP contribution is -1.97. The predicted octanol–water partition coefficient (Wildman–Crippen LogP) is 7.69. The first-order valence-corrected chi connectivity index (χ1v) is 14.2. The van der Waals surface area contributed by atoms with E-state index in [0.29, 0.717) is 0 Å². The first kappa shape index (κ1) is 22.1. The van der Waals surface area contributed by atoms with Crippen LogP contribution >= 0.6 is 44.2 Å². The van der Waals surface area contributed by atoms with Crippen LogP contribution in [-0.4, -0.2) is 23.6 Å². The van der Waals surface area contributed by atoms with Gasteiger partial charge in [0, 0.05) is 0 Å². The Bertz CT molecular complexity index is 163. The highest BCUT2D eigenvalue weighted by molar-refractivity contribution is 9.39. The third-order valence-corrected chi connectivity index (χ3v) is 13.3. The van der Waals surface area contributed by atoms with Gasteiger partial charge >= 0.3 is 0 Å². The molecule has 0 saturated carbocycles. The van der Waals surface area contributed by atoms with E-state index in [0.717, 1.165) is 23.2 Å². The van der Waals surface area contributed by atoms with Crippen LogP contribution < -0.4 is 0 Å². The Morgan fingerprint density at radius 1 is 0.611 bits per heavy atom. The van der Waals surface area contributed by atoms with E-state index in [2.05, 4.69) is 86.4 Å². The van der Waals surface area contributed by atoms with Crippen LogP contribution in [-0.2, 0) is 0 Å². The van der Waals surface area contributed by atoms with Crippen LogP contribution in [0, 0.1) is 11.8 Å². The Kier molecular flexibility index (Phi) is 15.4. The number of rotatable bonds is 6. The predicted molar refractivity (Wildman–Crippen MR) is 101 cm³/mol. The molecule has 0 bridgehead atoms. The minimum absolute atomic E-state index is 0.133. The van der Waals surface area contributed by atoms with Crippen molar-refractivity contribution >= 4 is 44.2 Å². The Morgan fingerprint density at radius 2 is 0.833 bits per heavy atom. The molecule has 4 heteroatoms. The summed E-state index contributed by atoms with van der Waals surface area (Å²) in [6, 6.07) is 0. The Morgan fingerprint density at radius 3 is 0.889 bits per heavy atom. The molecular weight excluding hydrogens is 390 g/mol. The van der Waals surface area contributed by atoms with Gasteiger partial charge in [-0.1, -0.05) is 86.4 Å². The van der Waals surface area contributed by atoms with E-state index < -0.39 is 0 Å². The molecule has 0 spiro atoms. The SMILES string of the molecule is CC(C)CP(Br)C(C)C.CC(C)CP(Br)C(C)C. The first-order chi connectivity index (χ1) is 8.07. The van der Waals surface area contributed by atoms with Gasteiger partial charge in [0.2, 0.25) is 0 Å². The average Bonchev–Trinajstić information content (AvgIpc) is 2.16. The molecule has 2 unspecified atom stereocenters. The second-order valence-electron chi connectivity index (χ2n) is 6.14. The van der Waals surface area contributed by atoms with E-state index in [-0.39, 0.29) is 13.2 Å². The minimum Gasteiger partial charge on any atom is -0.0624 e. The molecule has 0 heterocycles. The smallest absolute Gasteiger partial charge is 0.0168 e. The molecule has 0 aliphatic heterocycles. The fraction of sp³-hybridized carbons (Fsp3) is 1.00. The fourth-order valence-corrected chi connectivity index (χ4v) is 6.83. The highest BCUT2D eigenvalue weighted by atomic mass is 79.9. The summed E-state index contributed by atoms with van der Waals surface area (Å²) in [5.74, 6) is 1.69. The van der Waals surface area contributed by atoms with Crippen LogP contribution in [0.2, 0.25) is 0 Å². The normalized spacial score (nSPS) is 15.0. The molecule has 0 amide bonds. The quantitative estimate of drug-likeness (QED) is 0.385. The molecule has 0 rings (SSSR count). The maximum absolute atomic E-state index is 3.71. The molecule has 0 aliphatic rings. The van der Waals surface area contributed by atoms with Crippen LogP contribution in [0.4, 0.5) is 0 Å². The maximum atomic E-state index is 3.71. The molecule has 0 radical (unpaired) electrons. The van der Waals surface area contributed by atoms with Crippen molar-refractivity contribution in [1.82, 2.24) is 0 Å². The standard InChI is InChI=1S/2C7H16BrP/c2*1-6(2)5-9(8)7(3)4/h2*6-7H,5H2,1-4H3. The van der Waals surface area contributed by atoms with Gasteiger partial charge in [-0.3, -0.25) is 0 Å². The summed E-state index contributed by atoms with van der Waals surface area (Å²) in [5.41, 5.74) is 1.67. The van der Waals surface area contributed by atoms with Crippen molar-refractivity contribution in [2.24, 2.45) is 11.8 Å². The molecule has 2 atom stereocenters. The maximum Gasteiger partial charge on any atom is -0.0168 e. The van der Waals surface area contributed by atoms with Crippen molar-refractivity contribution in [2.75, 3.05) is 12.3 Å². The van der Waals surface area contributed by atoms with Crippen LogP contribution in [0.25, 0.3) is 0 Å². The number of hydrogen-bond acceptors (Lipinski definition) is 0. The summed E-state index contributed by atoms with van der Waals surface area (Å²) >= 11 is 7.42. The molecule has 0 aliphatic carbocycles. The van der Waals surface area contributed by atoms with Crippen molar-refractivity contribution in [3.8, 4) is 0 Å². The molecule has 18 heavy (non-hydrogen) atoms. The van der Waals surface area contributed by atoms with E-state index in [1.54, 1.807) is 0 Å². The van der Waals surface area contributed by atoms with Gasteiger partial charge in [-0.25, -0.2) is 0 Å². The van der Waals surface area contributed by atoms with E-state index >= 15 is 0 Å². The second-order valence-corrected chi connectivity index (χ2v) is 16.0. The molecule has 0 saturated heterocycles. The topological polar surface area (TPSA) is 0 Å². The molecule has 112 valence electrons. The largest absolute Gasteiger partial charge is 0.0624 e. The van der Waals surface area contributed by atoms with E-state index in [1.807, 2.05) is 0 Å². The van der Waals surface area contributed by atoms with Crippen LogP contribution in [0.5, 0.6) is 0 Å². The van der Waals surface area contributed by atoms with Gasteiger partial charge in [0.25, 0.3) is 0 Å². The summed E-state index contributed by atoms with van der Waals surface area (Å²) in [5, 5.41) is 0. The van der Waals surface area contributed by atoms with E-state index in [4.69, 9.17) is 0 Å². The summed E-state index contributed by atoms with van der Waals surface area (Å²) in [4.78, 5) is 0. The highest BCUT2D eigenvalue weighted by Crippen LogP contribution is 2.50. The average molecular weight is 422 g/mol. The highest BCUT2D eigenvalue weighted by Gasteiger charge is 2.10. The molecule has 0 aromatic rings. The first-order valence-electron chi connectivity index (χ1n) is 6.92. The Labute approximate surface area is 134 Å². The van der Waals surface area contributed by atoms with Gasteiger partial charge in [0.15, 0.2) is 0 Å². The zero-order valence-electron chi connectivity index (χ0n) is 13.4. The molecule has 0 aromatic heterocycles. The lowest BCUT2D eigenvalue weighted by atomic mass is 10.3. The minimum atomic E-state index is 0.133. The van der Waals surface area contributed by atoms with Crippen LogP contribution in [0.15, 0.2) is 0 Å². The molecule has 0 nitrogen and oxygen atoms in total. The van der Waals surface area contributed by atoms with Crippen molar-refractivity contribution in [3.05, 3.63) is 0 Å². The fourth-order valence-electron chi connectivity index (χ4n) is 1.12. The summed E-state index contributed by atoms with van der Waals surface area (Å²) in [6.07, 6.45) is 2.71. The van der Waals surface area contributed by atoms with Gasteiger partial charge in [0.05, 0.1) is 0 Å². The monoisotopic (exact) mass is 420 g/mol. The summed E-state index contributed by atoms with van der Waals surface area (Å²) in [7, 11) is 0. The lowest BCUT2D eigenvalue weighted by Gasteiger charge is -2.15. The van der Waals surface area contributed by atoms with E-state index in [1.165, 1.54) is 12.3 Å². The molecule has 0 aromatic carbocycles. The van der Waals surface area contributed by atoms with Crippen molar-refractivity contribution in [3.63, 3.8) is 0 Å². The number of halogens is 2. The Hall–Kier alpha value is 1.82. The van der Waals surface area contributed by atoms with Gasteiger partial charge in [0.1, 0.15) is 0 Å². The molecule has 0 N–H and O–H groups in total. The van der Waals surface area contributed by atoms with Gasteiger partial charge in [-0.05, 0) is 48.7 Å². The van der Waals surface area contributed by atoms with Gasteiger partial charge < -0.3 is 0 Å². The van der Waals surface area contributed by atoms with Gasteiger partial charge in [-0.2, -0.15) is 0 Å². The van der Waals surface area contributed by atoms with Crippen LogP contribution in [0.3, 0.4) is 0 Å². The summed E-state index contributed by atoms with van der Waals surface area (Å²) < 4.78 is 0. The lowest BCUT2D eigenvalue weighted by molar-refractivity contribution is 0.744. The third kappa shape index (κ3) is 15.9. The number of hydrogen-bond donors (Lipinski definition) is 0. The van der Waals surface area contributed by atoms with Gasteiger partial charge in [-0.15, -0.1) is 0 Å². The zero-order chi connectivity index (χ0) is 14.9. The summed E-state index contributed by atoms with van der Waals surface area (Å²) in [6.45, 7) is 18.5. The second kappa shape index (κ2) is 12.6. The third-order valence-electron chi connectivity index (χ3n) is 2.20. The van der Waals surface area contributed by atoms with Crippen molar-refractivity contribution in [2.45, 2.75) is 66.7 Å². The zero-order valence-corrected chi connectivity index (χ0v) is 18.3. The van der Waals surface area contributed by atoms with Crippen molar-refractivity contribution < 1.29 is 0 Å².